The lowest BCUT2D eigenvalue weighted by Crippen LogP contribution is -2.39. The summed E-state index contributed by atoms with van der Waals surface area (Å²) in [4.78, 5) is 14.4. The lowest BCUT2D eigenvalue weighted by Gasteiger charge is -2.28. The van der Waals surface area contributed by atoms with Crippen LogP contribution in [0.25, 0.3) is 0 Å². The Bertz CT molecular complexity index is 702. The van der Waals surface area contributed by atoms with E-state index in [0.29, 0.717) is 31.2 Å². The van der Waals surface area contributed by atoms with Crippen molar-refractivity contribution in [3.63, 3.8) is 0 Å². The third kappa shape index (κ3) is 5.23. The van der Waals surface area contributed by atoms with E-state index in [9.17, 15) is 4.79 Å². The monoisotopic (exact) mass is 357 g/mol. The molecule has 0 amide bonds. The third-order valence-electron chi connectivity index (χ3n) is 4.24. The first-order chi connectivity index (χ1) is 12.6. The molecule has 1 atom stereocenters. The minimum atomic E-state index is -0.358. The number of ether oxygens (including phenoxy) is 3. The Labute approximate surface area is 155 Å². The first-order valence-corrected chi connectivity index (χ1v) is 8.74. The minimum absolute atomic E-state index is 0.219. The molecule has 0 saturated carbocycles. The first kappa shape index (κ1) is 19.8. The maximum absolute atomic E-state index is 12.3. The van der Waals surface area contributed by atoms with Gasteiger partial charge in [0.15, 0.2) is 11.5 Å². The fraction of sp³-hybridized carbons (Fsp3) is 0.381. The molecule has 0 radical (unpaired) electrons. The molecule has 2 aromatic rings. The molecule has 5 nitrogen and oxygen atoms in total. The molecular weight excluding hydrogens is 330 g/mol. The average molecular weight is 357 g/mol. The second kappa shape index (κ2) is 9.82. The van der Waals surface area contributed by atoms with E-state index >= 15 is 0 Å². The maximum Gasteiger partial charge on any atom is 0.323 e. The van der Waals surface area contributed by atoms with Gasteiger partial charge < -0.3 is 14.2 Å². The maximum atomic E-state index is 12.3. The molecule has 0 heterocycles. The molecule has 0 bridgehead atoms. The smallest absolute Gasteiger partial charge is 0.323 e. The summed E-state index contributed by atoms with van der Waals surface area (Å²) in [6, 6.07) is 15.5. The van der Waals surface area contributed by atoms with Crippen LogP contribution in [0, 0.1) is 0 Å². The zero-order valence-corrected chi connectivity index (χ0v) is 15.9. The molecule has 2 rings (SSSR count). The first-order valence-electron chi connectivity index (χ1n) is 8.74. The van der Waals surface area contributed by atoms with Crippen LogP contribution in [0.2, 0.25) is 0 Å². The van der Waals surface area contributed by atoms with E-state index in [-0.39, 0.29) is 12.0 Å². The van der Waals surface area contributed by atoms with Crippen molar-refractivity contribution in [3.8, 4) is 11.5 Å². The Kier molecular flexibility index (Phi) is 7.48. The van der Waals surface area contributed by atoms with E-state index < -0.39 is 0 Å². The normalized spacial score (nSPS) is 11.9. The van der Waals surface area contributed by atoms with Gasteiger partial charge in [-0.3, -0.25) is 9.69 Å². The minimum Gasteiger partial charge on any atom is -0.493 e. The van der Waals surface area contributed by atoms with Crippen molar-refractivity contribution in [1.82, 2.24) is 4.90 Å². The highest BCUT2D eigenvalue weighted by atomic mass is 16.5. The summed E-state index contributed by atoms with van der Waals surface area (Å²) in [6.07, 6.45) is 0. The Morgan fingerprint density at radius 3 is 2.23 bits per heavy atom. The Morgan fingerprint density at radius 1 is 0.962 bits per heavy atom. The molecule has 26 heavy (non-hydrogen) atoms. The summed E-state index contributed by atoms with van der Waals surface area (Å²) in [5, 5.41) is 0. The number of carbonyl (C=O) groups is 1. The van der Waals surface area contributed by atoms with E-state index in [2.05, 4.69) is 17.0 Å². The van der Waals surface area contributed by atoms with Gasteiger partial charge in [0.2, 0.25) is 0 Å². The molecule has 0 spiro atoms. The number of esters is 1. The van der Waals surface area contributed by atoms with Crippen LogP contribution in [-0.2, 0) is 22.6 Å². The predicted molar refractivity (Wildman–Crippen MR) is 101 cm³/mol. The van der Waals surface area contributed by atoms with Crippen LogP contribution in [0.5, 0.6) is 11.5 Å². The van der Waals surface area contributed by atoms with E-state index in [4.69, 9.17) is 14.2 Å². The van der Waals surface area contributed by atoms with E-state index in [1.54, 1.807) is 14.2 Å². The van der Waals surface area contributed by atoms with Crippen LogP contribution in [0.4, 0.5) is 0 Å². The summed E-state index contributed by atoms with van der Waals surface area (Å²) < 4.78 is 15.9. The van der Waals surface area contributed by atoms with Crippen LogP contribution >= 0.6 is 0 Å². The number of nitrogens with zero attached hydrogens (tertiary/aromatic N) is 1. The highest BCUT2D eigenvalue weighted by Gasteiger charge is 2.23. The molecule has 0 fully saturated rings. The highest BCUT2D eigenvalue weighted by Crippen LogP contribution is 2.28. The number of methoxy groups -OCH3 is 2. The Morgan fingerprint density at radius 2 is 1.62 bits per heavy atom. The van der Waals surface area contributed by atoms with Crippen LogP contribution in [0.15, 0.2) is 48.5 Å². The van der Waals surface area contributed by atoms with Gasteiger partial charge in [0.25, 0.3) is 0 Å². The van der Waals surface area contributed by atoms with Crippen LogP contribution in [-0.4, -0.2) is 37.7 Å². The number of rotatable bonds is 9. The van der Waals surface area contributed by atoms with Crippen molar-refractivity contribution >= 4 is 5.97 Å². The van der Waals surface area contributed by atoms with Crippen LogP contribution < -0.4 is 9.47 Å². The molecular formula is C21H27NO4. The van der Waals surface area contributed by atoms with E-state index in [0.717, 1.165) is 11.1 Å². The van der Waals surface area contributed by atoms with Gasteiger partial charge in [-0.05, 0) is 37.1 Å². The largest absolute Gasteiger partial charge is 0.493 e. The zero-order chi connectivity index (χ0) is 18.9. The van der Waals surface area contributed by atoms with Crippen molar-refractivity contribution < 1.29 is 19.0 Å². The lowest BCUT2D eigenvalue weighted by molar-refractivity contribution is -0.149. The van der Waals surface area contributed by atoms with Gasteiger partial charge in [-0.25, -0.2) is 0 Å². The molecule has 0 N–H and O–H groups in total. The fourth-order valence-corrected chi connectivity index (χ4v) is 2.77. The predicted octanol–water partition coefficient (Wildman–Crippen LogP) is 3.66. The van der Waals surface area contributed by atoms with Crippen LogP contribution in [0.1, 0.15) is 25.0 Å². The zero-order valence-electron chi connectivity index (χ0n) is 15.9. The van der Waals surface area contributed by atoms with Crippen molar-refractivity contribution in [1.29, 1.82) is 0 Å². The molecule has 0 aliphatic heterocycles. The van der Waals surface area contributed by atoms with Gasteiger partial charge in [0.1, 0.15) is 6.04 Å². The highest BCUT2D eigenvalue weighted by molar-refractivity contribution is 5.75. The molecule has 1 unspecified atom stereocenters. The van der Waals surface area contributed by atoms with Gasteiger partial charge in [0.05, 0.1) is 20.8 Å². The Balaban J connectivity index is 2.24. The molecule has 0 aromatic heterocycles. The lowest BCUT2D eigenvalue weighted by atomic mass is 10.1. The van der Waals surface area contributed by atoms with Gasteiger partial charge in [-0.1, -0.05) is 36.4 Å². The SMILES string of the molecule is CCOC(=O)C(C)N(Cc1ccccc1)Cc1ccc(OC)c(OC)c1. The van der Waals surface area contributed by atoms with Crippen molar-refractivity contribution in [3.05, 3.63) is 59.7 Å². The van der Waals surface area contributed by atoms with Gasteiger partial charge in [0, 0.05) is 13.1 Å². The van der Waals surface area contributed by atoms with Crippen molar-refractivity contribution in [2.24, 2.45) is 0 Å². The average Bonchev–Trinajstić information content (AvgIpc) is 2.67. The molecule has 0 aliphatic rings. The second-order valence-electron chi connectivity index (χ2n) is 6.01. The summed E-state index contributed by atoms with van der Waals surface area (Å²) in [7, 11) is 3.23. The standard InChI is InChI=1S/C21H27NO4/c1-5-26-21(23)16(2)22(14-17-9-7-6-8-10-17)15-18-11-12-19(24-3)20(13-18)25-4/h6-13,16H,5,14-15H2,1-4H3. The molecule has 140 valence electrons. The van der Waals surface area contributed by atoms with Crippen molar-refractivity contribution in [2.75, 3.05) is 20.8 Å². The summed E-state index contributed by atoms with van der Waals surface area (Å²) in [5.74, 6) is 1.14. The van der Waals surface area contributed by atoms with Gasteiger partial charge in [-0.2, -0.15) is 0 Å². The fourth-order valence-electron chi connectivity index (χ4n) is 2.77. The molecule has 5 heteroatoms. The van der Waals surface area contributed by atoms with E-state index in [1.165, 1.54) is 0 Å². The summed E-state index contributed by atoms with van der Waals surface area (Å²) in [5.41, 5.74) is 2.18. The number of carbonyl (C=O) groups excluding carboxylic acids is 1. The molecule has 0 saturated heterocycles. The van der Waals surface area contributed by atoms with E-state index in [1.807, 2.05) is 50.2 Å². The van der Waals surface area contributed by atoms with Crippen LogP contribution in [0.3, 0.4) is 0 Å². The summed E-state index contributed by atoms with van der Waals surface area (Å²) in [6.45, 7) is 5.31. The van der Waals surface area contributed by atoms with Gasteiger partial charge >= 0.3 is 5.97 Å². The number of hydrogen-bond acceptors (Lipinski definition) is 5. The third-order valence-corrected chi connectivity index (χ3v) is 4.24. The Hall–Kier alpha value is -2.53. The topological polar surface area (TPSA) is 48.0 Å². The molecule has 0 aliphatic carbocycles. The van der Waals surface area contributed by atoms with Gasteiger partial charge in [-0.15, -0.1) is 0 Å². The van der Waals surface area contributed by atoms with Crippen molar-refractivity contribution in [2.45, 2.75) is 33.0 Å². The molecule has 2 aromatic carbocycles. The number of benzene rings is 2. The second-order valence-corrected chi connectivity index (χ2v) is 6.01. The quantitative estimate of drug-likeness (QED) is 0.641. The summed E-state index contributed by atoms with van der Waals surface area (Å²) >= 11 is 0. The number of hydrogen-bond donors (Lipinski definition) is 0.